The molecule has 0 fully saturated rings. The van der Waals surface area contributed by atoms with Crippen LogP contribution in [0.25, 0.3) is 0 Å². The van der Waals surface area contributed by atoms with Gasteiger partial charge in [0.05, 0.1) is 17.9 Å². The van der Waals surface area contributed by atoms with E-state index in [1.54, 1.807) is 24.3 Å². The van der Waals surface area contributed by atoms with Gasteiger partial charge >= 0.3 is 0 Å². The third-order valence-corrected chi connectivity index (χ3v) is 3.03. The highest BCUT2D eigenvalue weighted by Gasteiger charge is 2.17. The van der Waals surface area contributed by atoms with E-state index in [1.807, 2.05) is 0 Å². The van der Waals surface area contributed by atoms with Crippen LogP contribution in [0.5, 0.6) is 5.75 Å². The molecule has 1 aliphatic heterocycles. The fraction of sp³-hybridized carbons (Fsp3) is 0.273. The van der Waals surface area contributed by atoms with Gasteiger partial charge in [-0.2, -0.15) is 0 Å². The van der Waals surface area contributed by atoms with E-state index < -0.39 is 0 Å². The minimum atomic E-state index is -0.275. The van der Waals surface area contributed by atoms with E-state index >= 15 is 0 Å². The molecule has 0 saturated carbocycles. The lowest BCUT2D eigenvalue weighted by Crippen LogP contribution is -2.18. The maximum atomic E-state index is 11.6. The number of carbonyl (C=O) groups is 1. The van der Waals surface area contributed by atoms with Crippen molar-refractivity contribution in [3.8, 4) is 5.75 Å². The molecule has 1 amide bonds. The second-order valence-electron chi connectivity index (χ2n) is 3.32. The third kappa shape index (κ3) is 2.98. The van der Waals surface area contributed by atoms with E-state index in [4.69, 9.17) is 9.84 Å². The van der Waals surface area contributed by atoms with Crippen molar-refractivity contribution in [1.29, 1.82) is 0 Å². The van der Waals surface area contributed by atoms with E-state index in [0.29, 0.717) is 28.7 Å². The van der Waals surface area contributed by atoms with Crippen molar-refractivity contribution < 1.29 is 14.6 Å². The number of nitrogens with one attached hydrogen (secondary N) is 1. The van der Waals surface area contributed by atoms with Crippen LogP contribution in [0.2, 0.25) is 0 Å². The van der Waals surface area contributed by atoms with Crippen LogP contribution < -0.4 is 10.2 Å². The second-order valence-corrected chi connectivity index (χ2v) is 4.43. The molecule has 0 saturated heterocycles. The summed E-state index contributed by atoms with van der Waals surface area (Å²) < 4.78 is 5.54. The lowest BCUT2D eigenvalue weighted by molar-refractivity contribution is 0.0955. The number of ether oxygens (including phenoxy) is 1. The zero-order chi connectivity index (χ0) is 12.1. The maximum absolute atomic E-state index is 11.6. The fourth-order valence-electron chi connectivity index (χ4n) is 1.35. The van der Waals surface area contributed by atoms with Gasteiger partial charge in [0.15, 0.2) is 0 Å². The van der Waals surface area contributed by atoms with Crippen LogP contribution in [0.1, 0.15) is 10.4 Å². The fourth-order valence-corrected chi connectivity index (χ4v) is 1.92. The molecule has 0 atom stereocenters. The number of hydrogen-bond acceptors (Lipinski definition) is 5. The van der Waals surface area contributed by atoms with Gasteiger partial charge in [-0.1, -0.05) is 12.1 Å². The van der Waals surface area contributed by atoms with Gasteiger partial charge < -0.3 is 9.84 Å². The summed E-state index contributed by atoms with van der Waals surface area (Å²) in [5.74, 6) is 1.78. The Hall–Kier alpha value is -1.53. The Morgan fingerprint density at radius 1 is 1.41 bits per heavy atom. The molecular formula is C11H12N2O3S. The molecule has 0 aromatic heterocycles. The summed E-state index contributed by atoms with van der Waals surface area (Å²) in [6.07, 6.45) is 0. The van der Waals surface area contributed by atoms with Crippen molar-refractivity contribution in [2.45, 2.75) is 0 Å². The zero-order valence-electron chi connectivity index (χ0n) is 9.05. The molecule has 1 aromatic rings. The van der Waals surface area contributed by atoms with Crippen molar-refractivity contribution in [2.24, 2.45) is 5.10 Å². The van der Waals surface area contributed by atoms with Gasteiger partial charge in [0.2, 0.25) is 5.90 Å². The summed E-state index contributed by atoms with van der Waals surface area (Å²) in [6.45, 7) is 0.112. The van der Waals surface area contributed by atoms with E-state index in [-0.39, 0.29) is 12.5 Å². The predicted octanol–water partition coefficient (Wildman–Crippen LogP) is 0.848. The number of nitrogens with zero attached hydrogens (tertiary/aromatic N) is 1. The molecule has 1 heterocycles. The molecule has 6 heteroatoms. The molecule has 90 valence electrons. The molecule has 1 aliphatic rings. The first-order chi connectivity index (χ1) is 8.31. The number of hydrazone groups is 1. The van der Waals surface area contributed by atoms with Crippen molar-refractivity contribution in [3.05, 3.63) is 29.8 Å². The highest BCUT2D eigenvalue weighted by molar-refractivity contribution is 7.99. The molecule has 0 bridgehead atoms. The Labute approximate surface area is 103 Å². The lowest BCUT2D eigenvalue weighted by Gasteiger charge is -2.06. The Kier molecular flexibility index (Phi) is 4.00. The topological polar surface area (TPSA) is 70.9 Å². The normalized spacial score (nSPS) is 14.2. The highest BCUT2D eigenvalue weighted by Crippen LogP contribution is 2.20. The van der Waals surface area contributed by atoms with Crippen LogP contribution in [0.15, 0.2) is 29.4 Å². The minimum Gasteiger partial charge on any atom is -0.440 e. The van der Waals surface area contributed by atoms with Crippen molar-refractivity contribution >= 4 is 23.6 Å². The average molecular weight is 252 g/mol. The first-order valence-corrected chi connectivity index (χ1v) is 6.29. The first-order valence-electron chi connectivity index (χ1n) is 5.13. The Morgan fingerprint density at radius 2 is 2.24 bits per heavy atom. The number of benzene rings is 1. The molecule has 5 nitrogen and oxygen atoms in total. The number of fused-ring (bicyclic) bond motifs is 1. The molecule has 1 aromatic carbocycles. The predicted molar refractivity (Wildman–Crippen MR) is 66.4 cm³/mol. The summed E-state index contributed by atoms with van der Waals surface area (Å²) >= 11 is 1.49. The molecule has 2 N–H and O–H groups in total. The summed E-state index contributed by atoms with van der Waals surface area (Å²) in [6, 6.07) is 6.99. The molecule has 2 rings (SSSR count). The van der Waals surface area contributed by atoms with Crippen molar-refractivity contribution in [3.63, 3.8) is 0 Å². The zero-order valence-corrected chi connectivity index (χ0v) is 9.87. The number of carbonyl (C=O) groups excluding carboxylic acids is 1. The van der Waals surface area contributed by atoms with Gasteiger partial charge in [-0.15, -0.1) is 16.9 Å². The highest BCUT2D eigenvalue weighted by atomic mass is 32.2. The minimum absolute atomic E-state index is 0.112. The Bertz CT molecular complexity index is 448. The van der Waals surface area contributed by atoms with Crippen LogP contribution in [0, 0.1) is 0 Å². The Balaban J connectivity index is 2.11. The smallest absolute Gasteiger partial charge is 0.275 e. The van der Waals surface area contributed by atoms with Crippen LogP contribution in [0.3, 0.4) is 0 Å². The van der Waals surface area contributed by atoms with Gasteiger partial charge in [-0.05, 0) is 12.1 Å². The van der Waals surface area contributed by atoms with Crippen LogP contribution in [-0.2, 0) is 0 Å². The number of aliphatic hydroxyl groups excluding tert-OH is 1. The van der Waals surface area contributed by atoms with Gasteiger partial charge in [-0.25, -0.2) is 5.43 Å². The van der Waals surface area contributed by atoms with Gasteiger partial charge in [0.25, 0.3) is 5.91 Å². The quantitative estimate of drug-likeness (QED) is 0.779. The van der Waals surface area contributed by atoms with Gasteiger partial charge in [0.1, 0.15) is 5.75 Å². The van der Waals surface area contributed by atoms with Gasteiger partial charge in [0, 0.05) is 5.75 Å². The maximum Gasteiger partial charge on any atom is 0.275 e. The summed E-state index contributed by atoms with van der Waals surface area (Å²) in [5, 5.41) is 12.6. The monoisotopic (exact) mass is 252 g/mol. The Morgan fingerprint density at radius 3 is 3.06 bits per heavy atom. The molecule has 0 unspecified atom stereocenters. The summed E-state index contributed by atoms with van der Waals surface area (Å²) in [4.78, 5) is 11.6. The second kappa shape index (κ2) is 5.70. The van der Waals surface area contributed by atoms with Crippen LogP contribution in [0.4, 0.5) is 0 Å². The summed E-state index contributed by atoms with van der Waals surface area (Å²) in [5.41, 5.74) is 2.90. The number of para-hydroxylation sites is 1. The van der Waals surface area contributed by atoms with Crippen LogP contribution in [-0.4, -0.2) is 35.0 Å². The first kappa shape index (κ1) is 11.9. The van der Waals surface area contributed by atoms with E-state index in [9.17, 15) is 4.79 Å². The number of rotatable bonds is 4. The molecule has 0 aliphatic carbocycles. The molecular weight excluding hydrogens is 240 g/mol. The van der Waals surface area contributed by atoms with Gasteiger partial charge in [-0.3, -0.25) is 4.79 Å². The lowest BCUT2D eigenvalue weighted by atomic mass is 10.2. The van der Waals surface area contributed by atoms with E-state index in [1.165, 1.54) is 11.8 Å². The molecule has 0 radical (unpaired) electrons. The third-order valence-electron chi connectivity index (χ3n) is 2.10. The average Bonchev–Trinajstić information content (AvgIpc) is 2.50. The van der Waals surface area contributed by atoms with Crippen LogP contribution >= 0.6 is 11.8 Å². The van der Waals surface area contributed by atoms with Crippen molar-refractivity contribution in [2.75, 3.05) is 18.1 Å². The standard InChI is InChI=1S/C11H12N2O3S/c14-5-6-17-7-10-12-13-11(15)8-3-1-2-4-9(8)16-10/h1-4,14H,5-7H2,(H,13,15). The van der Waals surface area contributed by atoms with E-state index in [2.05, 4.69) is 10.5 Å². The molecule has 17 heavy (non-hydrogen) atoms. The summed E-state index contributed by atoms with van der Waals surface area (Å²) in [7, 11) is 0. The number of aliphatic hydroxyl groups is 1. The van der Waals surface area contributed by atoms with E-state index in [0.717, 1.165) is 0 Å². The SMILES string of the molecule is O=C1NN=C(CSCCO)Oc2ccccc21. The molecule has 0 spiro atoms. The number of amides is 1. The number of thioether (sulfide) groups is 1. The van der Waals surface area contributed by atoms with Crippen molar-refractivity contribution in [1.82, 2.24) is 5.43 Å². The largest absolute Gasteiger partial charge is 0.440 e. The number of hydrogen-bond donors (Lipinski definition) is 2.